The van der Waals surface area contributed by atoms with Crippen LogP contribution in [-0.2, 0) is 0 Å². The lowest BCUT2D eigenvalue weighted by atomic mass is 9.99. The topological polar surface area (TPSA) is 48.5 Å². The highest BCUT2D eigenvalue weighted by molar-refractivity contribution is 7.19. The van der Waals surface area contributed by atoms with Crippen molar-refractivity contribution in [2.75, 3.05) is 0 Å². The van der Waals surface area contributed by atoms with Crippen LogP contribution >= 0.6 is 0 Å². The lowest BCUT2D eigenvalue weighted by Crippen LogP contribution is -2.74. The summed E-state index contributed by atoms with van der Waals surface area (Å²) in [7, 11) is -3.56. The Kier molecular flexibility index (Phi) is 8.01. The minimum Gasteiger partial charge on any atom is -0.278 e. The molecule has 3 heterocycles. The molecule has 0 saturated heterocycles. The third-order valence-electron chi connectivity index (χ3n) is 12.3. The Morgan fingerprint density at radius 3 is 1.08 bits per heavy atom. The van der Waals surface area contributed by atoms with Crippen LogP contribution in [0.3, 0.4) is 0 Å². The summed E-state index contributed by atoms with van der Waals surface area (Å²) in [6.07, 6.45) is 0. The predicted molar refractivity (Wildman–Crippen MR) is 263 cm³/mol. The minimum absolute atomic E-state index is 0.000826. The number of fused-ring (bicyclic) bond motifs is 6. The predicted octanol–water partition coefficient (Wildman–Crippen LogP) is 10.8. The van der Waals surface area contributed by atoms with Gasteiger partial charge in [-0.25, -0.2) is 0 Å². The summed E-state index contributed by atoms with van der Waals surface area (Å²) < 4.78 is 35.5. The summed E-state index contributed by atoms with van der Waals surface area (Å²) in [6, 6.07) is 73.7. The van der Waals surface area contributed by atoms with Gasteiger partial charge in [-0.1, -0.05) is 212 Å². The van der Waals surface area contributed by atoms with Crippen LogP contribution in [0.4, 0.5) is 0 Å². The standard InChI is InChI=1S/C57H39N5Si/c1-5-21-40(22-6-1)45-38-37-44(63(41-23-7-2-8-24-41,42-25-9-3-10-26-42)43-27-11-4-12-28-43)39-50(45)55-58-56(61-51-33-17-13-29-46(51)47-30-14-18-34-52(47)61)60-57(59-55)62-53-35-19-15-31-48(53)49-32-16-20-36-54(49)62/h1-39H/i37D,38D,39D. The molecule has 0 saturated carbocycles. The lowest BCUT2D eigenvalue weighted by Gasteiger charge is -2.35. The van der Waals surface area contributed by atoms with Crippen molar-refractivity contribution >= 4 is 72.4 Å². The van der Waals surface area contributed by atoms with E-state index in [1.54, 1.807) is 0 Å². The van der Waals surface area contributed by atoms with Crippen LogP contribution in [0, 0.1) is 0 Å². The molecule has 6 heteroatoms. The van der Waals surface area contributed by atoms with E-state index in [-0.39, 0.29) is 24.0 Å². The SMILES string of the molecule is [2H]c1c([2H])c([Si](c2ccccc2)(c2ccccc2)c2ccccc2)c([2H])c(-c2nc(-n3c4ccccc4c4ccccc43)nc(-n3c4ccccc4c4ccccc43)n2)c1-c1ccccc1. The minimum atomic E-state index is -3.56. The maximum atomic E-state index is 10.8. The quantitative estimate of drug-likeness (QED) is 0.113. The van der Waals surface area contributed by atoms with Gasteiger partial charge >= 0.3 is 0 Å². The molecule has 0 aliphatic carbocycles. The number of nitrogens with zero attached hydrogens (tertiary/aromatic N) is 5. The summed E-state index contributed by atoms with van der Waals surface area (Å²) in [5, 5.41) is 7.69. The number of para-hydroxylation sites is 4. The van der Waals surface area contributed by atoms with E-state index in [1.165, 1.54) is 0 Å². The Balaban J connectivity index is 1.28. The number of rotatable bonds is 8. The van der Waals surface area contributed by atoms with Gasteiger partial charge in [0.2, 0.25) is 11.9 Å². The van der Waals surface area contributed by atoms with E-state index in [9.17, 15) is 4.11 Å². The third kappa shape index (κ3) is 5.87. The van der Waals surface area contributed by atoms with Crippen molar-refractivity contribution in [1.29, 1.82) is 0 Å². The van der Waals surface area contributed by atoms with E-state index in [2.05, 4.69) is 94.1 Å². The van der Waals surface area contributed by atoms with Gasteiger partial charge in [0.15, 0.2) is 13.9 Å². The first kappa shape index (κ1) is 33.5. The molecular formula is C57H39N5Si. The van der Waals surface area contributed by atoms with E-state index in [1.807, 2.05) is 133 Å². The fourth-order valence-corrected chi connectivity index (χ4v) is 14.0. The first-order valence-electron chi connectivity index (χ1n) is 22.6. The fraction of sp³-hybridized carbons (Fsp3) is 0. The van der Waals surface area contributed by atoms with E-state index < -0.39 is 8.07 Å². The molecule has 296 valence electrons. The highest BCUT2D eigenvalue weighted by Gasteiger charge is 2.42. The molecule has 0 aliphatic heterocycles. The summed E-state index contributed by atoms with van der Waals surface area (Å²) >= 11 is 0. The van der Waals surface area contributed by atoms with Crippen molar-refractivity contribution < 1.29 is 4.11 Å². The largest absolute Gasteiger partial charge is 0.278 e. The van der Waals surface area contributed by atoms with E-state index in [0.717, 1.165) is 59.2 Å². The zero-order valence-electron chi connectivity index (χ0n) is 37.0. The van der Waals surface area contributed by atoms with Crippen LogP contribution in [0.1, 0.15) is 4.11 Å². The summed E-state index contributed by atoms with van der Waals surface area (Å²) in [4.78, 5) is 16.3. The Hall–Kier alpha value is -8.19. The second kappa shape index (κ2) is 15.1. The van der Waals surface area contributed by atoms with Gasteiger partial charge in [-0.3, -0.25) is 9.13 Å². The van der Waals surface area contributed by atoms with Gasteiger partial charge in [0.05, 0.1) is 26.2 Å². The van der Waals surface area contributed by atoms with Gasteiger partial charge in [-0.2, -0.15) is 15.0 Å². The van der Waals surface area contributed by atoms with Crippen LogP contribution in [0.25, 0.3) is 78.0 Å². The Morgan fingerprint density at radius 2 is 0.683 bits per heavy atom. The average Bonchev–Trinajstić information content (AvgIpc) is 3.90. The van der Waals surface area contributed by atoms with E-state index in [4.69, 9.17) is 15.0 Å². The van der Waals surface area contributed by atoms with Gasteiger partial charge < -0.3 is 0 Å². The molecule has 0 spiro atoms. The molecule has 0 aliphatic rings. The molecule has 0 N–H and O–H groups in total. The van der Waals surface area contributed by atoms with Gasteiger partial charge in [-0.05, 0) is 56.1 Å². The van der Waals surface area contributed by atoms with Gasteiger partial charge in [-0.15, -0.1) is 0 Å². The van der Waals surface area contributed by atoms with Crippen molar-refractivity contribution in [2.45, 2.75) is 0 Å². The van der Waals surface area contributed by atoms with Crippen molar-refractivity contribution in [1.82, 2.24) is 24.1 Å². The zero-order chi connectivity index (χ0) is 44.4. The Labute approximate surface area is 370 Å². The Bertz CT molecular complexity index is 3470. The number of hydrogen-bond donors (Lipinski definition) is 0. The highest BCUT2D eigenvalue weighted by atomic mass is 28.3. The zero-order valence-corrected chi connectivity index (χ0v) is 35.0. The lowest BCUT2D eigenvalue weighted by molar-refractivity contribution is 0.893. The van der Waals surface area contributed by atoms with Crippen LogP contribution in [0.5, 0.6) is 0 Å². The monoisotopic (exact) mass is 824 g/mol. The average molecular weight is 825 g/mol. The van der Waals surface area contributed by atoms with Crippen molar-refractivity contribution in [3.8, 4) is 34.4 Å². The third-order valence-corrected chi connectivity index (χ3v) is 16.9. The van der Waals surface area contributed by atoms with Crippen LogP contribution in [0.2, 0.25) is 0 Å². The second-order valence-corrected chi connectivity index (χ2v) is 19.4. The number of benzene rings is 9. The van der Waals surface area contributed by atoms with Gasteiger partial charge in [0, 0.05) is 27.1 Å². The molecule has 63 heavy (non-hydrogen) atoms. The number of aromatic nitrogens is 5. The molecule has 0 amide bonds. The maximum Gasteiger partial charge on any atom is 0.240 e. The first-order valence-corrected chi connectivity index (χ1v) is 23.1. The molecule has 0 radical (unpaired) electrons. The molecule has 0 bridgehead atoms. The van der Waals surface area contributed by atoms with Crippen molar-refractivity contribution in [2.24, 2.45) is 0 Å². The number of hydrogen-bond acceptors (Lipinski definition) is 3. The van der Waals surface area contributed by atoms with Crippen molar-refractivity contribution in [3.63, 3.8) is 0 Å². The Morgan fingerprint density at radius 1 is 0.333 bits per heavy atom. The van der Waals surface area contributed by atoms with Crippen LogP contribution in [-0.4, -0.2) is 32.2 Å². The first-order chi connectivity index (χ1) is 32.5. The smallest absolute Gasteiger partial charge is 0.240 e. The maximum absolute atomic E-state index is 10.8. The molecule has 12 aromatic rings. The highest BCUT2D eigenvalue weighted by Crippen LogP contribution is 2.36. The van der Waals surface area contributed by atoms with E-state index in [0.29, 0.717) is 33.8 Å². The molecule has 9 aromatic carbocycles. The van der Waals surface area contributed by atoms with Crippen LogP contribution < -0.4 is 20.7 Å². The molecule has 12 rings (SSSR count). The van der Waals surface area contributed by atoms with E-state index >= 15 is 0 Å². The summed E-state index contributed by atoms with van der Waals surface area (Å²) in [5.41, 5.74) is 5.16. The molecular weight excluding hydrogens is 783 g/mol. The summed E-state index contributed by atoms with van der Waals surface area (Å²) in [6.45, 7) is 0. The summed E-state index contributed by atoms with van der Waals surface area (Å²) in [5.74, 6) is 0.969. The van der Waals surface area contributed by atoms with Crippen LogP contribution in [0.15, 0.2) is 237 Å². The van der Waals surface area contributed by atoms with Gasteiger partial charge in [0.1, 0.15) is 0 Å². The van der Waals surface area contributed by atoms with Crippen molar-refractivity contribution in [3.05, 3.63) is 237 Å². The molecule has 0 unspecified atom stereocenters. The molecule has 0 fully saturated rings. The van der Waals surface area contributed by atoms with Gasteiger partial charge in [0.25, 0.3) is 0 Å². The fourth-order valence-electron chi connectivity index (χ4n) is 9.52. The normalized spacial score (nSPS) is 12.5. The second-order valence-electron chi connectivity index (χ2n) is 15.7. The molecule has 5 nitrogen and oxygen atoms in total. The molecule has 3 aromatic heterocycles. The molecule has 0 atom stereocenters.